The van der Waals surface area contributed by atoms with Crippen molar-refractivity contribution >= 4 is 33.2 Å². The number of rotatable bonds is 8. The first-order chi connectivity index (χ1) is 13.6. The summed E-state index contributed by atoms with van der Waals surface area (Å²) < 4.78 is 31.2. The molecule has 2 atom stereocenters. The summed E-state index contributed by atoms with van der Waals surface area (Å²) in [4.78, 5) is 13.0. The van der Waals surface area contributed by atoms with Gasteiger partial charge in [0.1, 0.15) is 11.8 Å². The van der Waals surface area contributed by atoms with Gasteiger partial charge >= 0.3 is 0 Å². The average Bonchev–Trinajstić information content (AvgIpc) is 2.64. The molecule has 1 N–H and O–H groups in total. The first-order valence-electron chi connectivity index (χ1n) is 9.28. The summed E-state index contributed by atoms with van der Waals surface area (Å²) in [5.74, 6) is 0.378. The van der Waals surface area contributed by atoms with E-state index in [4.69, 9.17) is 16.3 Å². The first-order valence-corrected chi connectivity index (χ1v) is 11.5. The molecule has 0 saturated carbocycles. The second kappa shape index (κ2) is 9.50. The van der Waals surface area contributed by atoms with E-state index in [-0.39, 0.29) is 6.04 Å². The second-order valence-electron chi connectivity index (χ2n) is 6.91. The molecule has 0 spiro atoms. The zero-order valence-corrected chi connectivity index (χ0v) is 18.8. The minimum absolute atomic E-state index is 0.254. The predicted octanol–water partition coefficient (Wildman–Crippen LogP) is 4.08. The van der Waals surface area contributed by atoms with E-state index < -0.39 is 22.0 Å². The number of nitrogens with one attached hydrogen (secondary N) is 1. The molecule has 0 radical (unpaired) electrons. The van der Waals surface area contributed by atoms with Crippen molar-refractivity contribution < 1.29 is 17.9 Å². The van der Waals surface area contributed by atoms with Gasteiger partial charge in [0.15, 0.2) is 0 Å². The van der Waals surface area contributed by atoms with Gasteiger partial charge in [-0.25, -0.2) is 8.42 Å². The van der Waals surface area contributed by atoms with Crippen LogP contribution in [-0.2, 0) is 14.8 Å². The van der Waals surface area contributed by atoms with Gasteiger partial charge in [-0.15, -0.1) is 0 Å². The number of carbonyl (C=O) groups excluding carboxylic acids is 1. The maximum atomic E-state index is 13.0. The summed E-state index contributed by atoms with van der Waals surface area (Å²) in [6.07, 6.45) is 1.72. The van der Waals surface area contributed by atoms with Crippen LogP contribution in [0, 0.1) is 6.92 Å². The number of sulfonamides is 1. The third kappa shape index (κ3) is 5.64. The van der Waals surface area contributed by atoms with Crippen LogP contribution in [0.1, 0.15) is 37.4 Å². The first kappa shape index (κ1) is 23.0. The number of ether oxygens (including phenoxy) is 1. The highest BCUT2D eigenvalue weighted by Gasteiger charge is 2.30. The Labute approximate surface area is 177 Å². The van der Waals surface area contributed by atoms with E-state index >= 15 is 0 Å². The summed E-state index contributed by atoms with van der Waals surface area (Å²) in [5, 5.41) is 3.36. The lowest BCUT2D eigenvalue weighted by molar-refractivity contribution is -0.122. The summed E-state index contributed by atoms with van der Waals surface area (Å²) in [6.45, 7) is 5.45. The van der Waals surface area contributed by atoms with Crippen LogP contribution in [0.25, 0.3) is 0 Å². The van der Waals surface area contributed by atoms with Crippen LogP contribution in [0.3, 0.4) is 0 Å². The van der Waals surface area contributed by atoms with Gasteiger partial charge in [0, 0.05) is 5.02 Å². The molecule has 158 valence electrons. The number of nitrogens with zero attached hydrogens (tertiary/aromatic N) is 1. The summed E-state index contributed by atoms with van der Waals surface area (Å²) in [7, 11) is -2.10. The third-order valence-electron chi connectivity index (χ3n) is 4.70. The molecule has 0 saturated heterocycles. The van der Waals surface area contributed by atoms with Gasteiger partial charge in [-0.05, 0) is 55.7 Å². The Hall–Kier alpha value is -2.25. The predicted molar refractivity (Wildman–Crippen MR) is 117 cm³/mol. The zero-order valence-electron chi connectivity index (χ0n) is 17.3. The number of amides is 1. The molecule has 2 unspecified atom stereocenters. The van der Waals surface area contributed by atoms with Gasteiger partial charge in [0.2, 0.25) is 15.9 Å². The Morgan fingerprint density at radius 1 is 1.24 bits per heavy atom. The van der Waals surface area contributed by atoms with Crippen LogP contribution in [-0.4, -0.2) is 33.7 Å². The highest BCUT2D eigenvalue weighted by Crippen LogP contribution is 2.26. The maximum absolute atomic E-state index is 13.0. The number of aryl methyl sites for hydroxylation is 1. The fourth-order valence-electron chi connectivity index (χ4n) is 3.25. The Morgan fingerprint density at radius 2 is 1.93 bits per heavy atom. The van der Waals surface area contributed by atoms with Crippen LogP contribution in [0.4, 0.5) is 5.69 Å². The number of hydrogen-bond acceptors (Lipinski definition) is 4. The standard InChI is InChI=1S/C21H27ClN2O4S/c1-6-19(16-10-11-20(28-4)14(2)12-16)23-21(25)15(3)24(29(5,26)27)18-9-7-8-17(22)13-18/h7-13,15,19H,6H2,1-5H3,(H,23,25). The van der Waals surface area contributed by atoms with Crippen LogP contribution in [0.2, 0.25) is 5.02 Å². The van der Waals surface area contributed by atoms with E-state index in [0.29, 0.717) is 17.1 Å². The van der Waals surface area contributed by atoms with Crippen molar-refractivity contribution in [3.05, 3.63) is 58.6 Å². The molecule has 29 heavy (non-hydrogen) atoms. The van der Waals surface area contributed by atoms with Gasteiger partial charge in [-0.1, -0.05) is 36.7 Å². The van der Waals surface area contributed by atoms with E-state index in [1.165, 1.54) is 6.07 Å². The molecule has 1 amide bonds. The van der Waals surface area contributed by atoms with Crippen molar-refractivity contribution in [3.8, 4) is 5.75 Å². The fraction of sp³-hybridized carbons (Fsp3) is 0.381. The topological polar surface area (TPSA) is 75.7 Å². The molecule has 6 nitrogen and oxygen atoms in total. The van der Waals surface area contributed by atoms with Crippen LogP contribution < -0.4 is 14.4 Å². The van der Waals surface area contributed by atoms with E-state index in [9.17, 15) is 13.2 Å². The minimum atomic E-state index is -3.70. The molecular formula is C21H27ClN2O4S. The lowest BCUT2D eigenvalue weighted by Gasteiger charge is -2.30. The van der Waals surface area contributed by atoms with E-state index in [2.05, 4.69) is 5.32 Å². The monoisotopic (exact) mass is 438 g/mol. The van der Waals surface area contributed by atoms with Crippen molar-refractivity contribution in [2.45, 2.75) is 39.3 Å². The molecule has 0 bridgehead atoms. The number of anilines is 1. The van der Waals surface area contributed by atoms with Crippen molar-refractivity contribution in [3.63, 3.8) is 0 Å². The fourth-order valence-corrected chi connectivity index (χ4v) is 4.61. The zero-order chi connectivity index (χ0) is 21.8. The number of methoxy groups -OCH3 is 1. The highest BCUT2D eigenvalue weighted by molar-refractivity contribution is 7.92. The molecule has 0 aliphatic rings. The summed E-state index contributed by atoms with van der Waals surface area (Å²) in [5.41, 5.74) is 2.23. The summed E-state index contributed by atoms with van der Waals surface area (Å²) in [6, 6.07) is 11.0. The lowest BCUT2D eigenvalue weighted by Crippen LogP contribution is -2.48. The SMILES string of the molecule is CCC(NC(=O)C(C)N(c1cccc(Cl)c1)S(C)(=O)=O)c1ccc(OC)c(C)c1. The molecule has 0 aliphatic heterocycles. The number of hydrogen-bond donors (Lipinski definition) is 1. The van der Waals surface area contributed by atoms with E-state index in [1.807, 2.05) is 32.0 Å². The number of benzene rings is 2. The Bertz CT molecular complexity index is 978. The Kier molecular flexibility index (Phi) is 7.54. The van der Waals surface area contributed by atoms with Crippen molar-refractivity contribution in [2.24, 2.45) is 0 Å². The largest absolute Gasteiger partial charge is 0.496 e. The minimum Gasteiger partial charge on any atom is -0.496 e. The van der Waals surface area contributed by atoms with Gasteiger partial charge < -0.3 is 10.1 Å². The average molecular weight is 439 g/mol. The van der Waals surface area contributed by atoms with E-state index in [0.717, 1.165) is 27.4 Å². The highest BCUT2D eigenvalue weighted by atomic mass is 35.5. The number of halogens is 1. The third-order valence-corrected chi connectivity index (χ3v) is 6.17. The molecule has 2 aromatic carbocycles. The van der Waals surface area contributed by atoms with Crippen LogP contribution in [0.5, 0.6) is 5.75 Å². The molecule has 2 rings (SSSR count). The molecule has 0 fully saturated rings. The van der Waals surface area contributed by atoms with Crippen molar-refractivity contribution in [1.29, 1.82) is 0 Å². The van der Waals surface area contributed by atoms with Gasteiger partial charge in [-0.3, -0.25) is 9.10 Å². The molecule has 0 heterocycles. The molecule has 2 aromatic rings. The van der Waals surface area contributed by atoms with Gasteiger partial charge in [0.25, 0.3) is 0 Å². The van der Waals surface area contributed by atoms with Crippen molar-refractivity contribution in [1.82, 2.24) is 5.32 Å². The lowest BCUT2D eigenvalue weighted by atomic mass is 10.0. The maximum Gasteiger partial charge on any atom is 0.244 e. The number of carbonyl (C=O) groups is 1. The van der Waals surface area contributed by atoms with E-state index in [1.54, 1.807) is 32.2 Å². The smallest absolute Gasteiger partial charge is 0.244 e. The molecular weight excluding hydrogens is 412 g/mol. The molecule has 8 heteroatoms. The summed E-state index contributed by atoms with van der Waals surface area (Å²) >= 11 is 6.02. The normalized spacial score (nSPS) is 13.4. The quantitative estimate of drug-likeness (QED) is 0.673. The van der Waals surface area contributed by atoms with Gasteiger partial charge in [-0.2, -0.15) is 0 Å². The molecule has 0 aliphatic carbocycles. The van der Waals surface area contributed by atoms with Gasteiger partial charge in [0.05, 0.1) is 25.1 Å². The Balaban J connectivity index is 2.29. The second-order valence-corrected chi connectivity index (χ2v) is 9.21. The van der Waals surface area contributed by atoms with Crippen molar-refractivity contribution in [2.75, 3.05) is 17.7 Å². The van der Waals surface area contributed by atoms with Crippen LogP contribution >= 0.6 is 11.6 Å². The van der Waals surface area contributed by atoms with Crippen LogP contribution in [0.15, 0.2) is 42.5 Å². The Morgan fingerprint density at radius 3 is 2.45 bits per heavy atom. The molecule has 0 aromatic heterocycles.